The Labute approximate surface area is 128 Å². The molecule has 2 N–H and O–H groups in total. The summed E-state index contributed by atoms with van der Waals surface area (Å²) in [6.07, 6.45) is 3.55. The SMILES string of the molecule is Cc1cc(N)c(OC(C)C)cc1C1=C[C@H](C)N(C)[C@H](C)C1. The van der Waals surface area contributed by atoms with Crippen molar-refractivity contribution in [2.45, 2.75) is 59.2 Å². The average Bonchev–Trinajstić information content (AvgIpc) is 2.38. The summed E-state index contributed by atoms with van der Waals surface area (Å²) in [6.45, 7) is 10.7. The van der Waals surface area contributed by atoms with Crippen LogP contribution in [0.1, 0.15) is 45.2 Å². The topological polar surface area (TPSA) is 38.5 Å². The minimum Gasteiger partial charge on any atom is -0.489 e. The molecule has 0 spiro atoms. The first-order valence-electron chi connectivity index (χ1n) is 7.79. The molecular weight excluding hydrogens is 260 g/mol. The molecule has 0 saturated heterocycles. The van der Waals surface area contributed by atoms with Crippen LogP contribution in [-0.2, 0) is 0 Å². The number of nitrogens with two attached hydrogens (primary N) is 1. The number of hydrogen-bond acceptors (Lipinski definition) is 3. The Morgan fingerprint density at radius 3 is 2.52 bits per heavy atom. The van der Waals surface area contributed by atoms with Crippen LogP contribution < -0.4 is 10.5 Å². The Balaban J connectivity index is 2.42. The lowest BCUT2D eigenvalue weighted by molar-refractivity contribution is 0.220. The van der Waals surface area contributed by atoms with Gasteiger partial charge in [0.05, 0.1) is 11.8 Å². The van der Waals surface area contributed by atoms with E-state index >= 15 is 0 Å². The van der Waals surface area contributed by atoms with Crippen LogP contribution >= 0.6 is 0 Å². The fraction of sp³-hybridized carbons (Fsp3) is 0.556. The molecule has 2 rings (SSSR count). The molecule has 116 valence electrons. The highest BCUT2D eigenvalue weighted by atomic mass is 16.5. The molecule has 0 aromatic heterocycles. The highest BCUT2D eigenvalue weighted by Gasteiger charge is 2.23. The zero-order valence-electron chi connectivity index (χ0n) is 14.1. The first kappa shape index (κ1) is 15.9. The minimum atomic E-state index is 0.132. The second-order valence-electron chi connectivity index (χ2n) is 6.52. The lowest BCUT2D eigenvalue weighted by Crippen LogP contribution is -2.39. The van der Waals surface area contributed by atoms with Crippen molar-refractivity contribution in [3.8, 4) is 5.75 Å². The lowest BCUT2D eigenvalue weighted by atomic mass is 9.89. The molecule has 1 aliphatic heterocycles. The van der Waals surface area contributed by atoms with Gasteiger partial charge in [0.1, 0.15) is 5.75 Å². The smallest absolute Gasteiger partial charge is 0.143 e. The molecule has 1 heterocycles. The lowest BCUT2D eigenvalue weighted by Gasteiger charge is -2.35. The van der Waals surface area contributed by atoms with E-state index in [2.05, 4.69) is 44.9 Å². The van der Waals surface area contributed by atoms with Gasteiger partial charge in [-0.15, -0.1) is 0 Å². The fourth-order valence-electron chi connectivity index (χ4n) is 2.95. The van der Waals surface area contributed by atoms with Gasteiger partial charge in [-0.3, -0.25) is 4.90 Å². The van der Waals surface area contributed by atoms with Gasteiger partial charge < -0.3 is 10.5 Å². The highest BCUT2D eigenvalue weighted by molar-refractivity contribution is 5.74. The third-order valence-corrected chi connectivity index (χ3v) is 4.36. The number of anilines is 1. The third kappa shape index (κ3) is 3.41. The molecular formula is C18H28N2O. The van der Waals surface area contributed by atoms with Crippen molar-refractivity contribution in [2.75, 3.05) is 12.8 Å². The Bertz CT molecular complexity index is 548. The molecule has 0 fully saturated rings. The van der Waals surface area contributed by atoms with Crippen LogP contribution in [0.2, 0.25) is 0 Å². The first-order chi connectivity index (χ1) is 9.79. The number of benzene rings is 1. The molecule has 0 amide bonds. The van der Waals surface area contributed by atoms with Crippen LogP contribution in [0.15, 0.2) is 18.2 Å². The van der Waals surface area contributed by atoms with Gasteiger partial charge in [0.25, 0.3) is 0 Å². The molecule has 1 aromatic carbocycles. The number of aryl methyl sites for hydroxylation is 1. The van der Waals surface area contributed by atoms with Crippen LogP contribution in [0, 0.1) is 6.92 Å². The van der Waals surface area contributed by atoms with Gasteiger partial charge in [-0.1, -0.05) is 6.08 Å². The molecule has 21 heavy (non-hydrogen) atoms. The van der Waals surface area contributed by atoms with Crippen LogP contribution in [0.25, 0.3) is 5.57 Å². The van der Waals surface area contributed by atoms with Crippen LogP contribution in [-0.4, -0.2) is 30.1 Å². The van der Waals surface area contributed by atoms with E-state index in [1.807, 2.05) is 19.9 Å². The van der Waals surface area contributed by atoms with E-state index in [1.54, 1.807) is 0 Å². The number of ether oxygens (including phenoxy) is 1. The molecule has 3 nitrogen and oxygen atoms in total. The van der Waals surface area contributed by atoms with Gasteiger partial charge in [-0.05, 0) is 76.9 Å². The number of rotatable bonds is 3. The van der Waals surface area contributed by atoms with Gasteiger partial charge in [0.15, 0.2) is 0 Å². The minimum absolute atomic E-state index is 0.132. The first-order valence-corrected chi connectivity index (χ1v) is 7.79. The largest absolute Gasteiger partial charge is 0.489 e. The van der Waals surface area contributed by atoms with Crippen molar-refractivity contribution in [1.29, 1.82) is 0 Å². The predicted molar refractivity (Wildman–Crippen MR) is 90.6 cm³/mol. The Morgan fingerprint density at radius 2 is 1.95 bits per heavy atom. The number of likely N-dealkylation sites (N-methyl/N-ethyl adjacent to an activating group) is 1. The molecule has 3 heteroatoms. The van der Waals surface area contributed by atoms with Crippen LogP contribution in [0.3, 0.4) is 0 Å². The summed E-state index contributed by atoms with van der Waals surface area (Å²) in [5.74, 6) is 0.797. The van der Waals surface area contributed by atoms with Crippen molar-refractivity contribution in [3.05, 3.63) is 29.3 Å². The molecule has 0 bridgehead atoms. The second-order valence-corrected chi connectivity index (χ2v) is 6.52. The van der Waals surface area contributed by atoms with Gasteiger partial charge in [-0.25, -0.2) is 0 Å². The van der Waals surface area contributed by atoms with Gasteiger partial charge in [-0.2, -0.15) is 0 Å². The molecule has 0 aliphatic carbocycles. The summed E-state index contributed by atoms with van der Waals surface area (Å²) < 4.78 is 5.84. The monoisotopic (exact) mass is 288 g/mol. The Morgan fingerprint density at radius 1 is 1.29 bits per heavy atom. The highest BCUT2D eigenvalue weighted by Crippen LogP contribution is 2.35. The zero-order valence-corrected chi connectivity index (χ0v) is 14.1. The number of nitrogen functional groups attached to an aromatic ring is 1. The average molecular weight is 288 g/mol. The normalized spacial score (nSPS) is 23.3. The summed E-state index contributed by atoms with van der Waals surface area (Å²) in [4.78, 5) is 2.40. The van der Waals surface area contributed by atoms with E-state index in [9.17, 15) is 0 Å². The summed E-state index contributed by atoms with van der Waals surface area (Å²) in [7, 11) is 2.19. The predicted octanol–water partition coefficient (Wildman–Crippen LogP) is 3.86. The molecule has 1 aromatic rings. The molecule has 0 saturated carbocycles. The Kier molecular flexibility index (Phi) is 4.62. The standard InChI is InChI=1S/C18H28N2O/c1-11(2)21-18-10-16(12(3)7-17(18)19)15-8-13(4)20(6)14(5)9-15/h7-8,10-11,13-14H,9,19H2,1-6H3/t13-,14+/m0/s1. The van der Waals surface area contributed by atoms with Crippen molar-refractivity contribution in [1.82, 2.24) is 4.90 Å². The number of hydrogen-bond donors (Lipinski definition) is 1. The van der Waals surface area contributed by atoms with Gasteiger partial charge >= 0.3 is 0 Å². The Hall–Kier alpha value is -1.48. The zero-order chi connectivity index (χ0) is 15.7. The van der Waals surface area contributed by atoms with E-state index in [0.717, 1.165) is 17.9 Å². The van der Waals surface area contributed by atoms with E-state index < -0.39 is 0 Å². The maximum Gasteiger partial charge on any atom is 0.143 e. The van der Waals surface area contributed by atoms with Crippen molar-refractivity contribution in [3.63, 3.8) is 0 Å². The summed E-state index contributed by atoms with van der Waals surface area (Å²) >= 11 is 0. The van der Waals surface area contributed by atoms with Crippen molar-refractivity contribution >= 4 is 11.3 Å². The summed E-state index contributed by atoms with van der Waals surface area (Å²) in [5, 5.41) is 0. The molecule has 1 aliphatic rings. The van der Waals surface area contributed by atoms with E-state index in [0.29, 0.717) is 12.1 Å². The fourth-order valence-corrected chi connectivity index (χ4v) is 2.95. The molecule has 2 atom stereocenters. The van der Waals surface area contributed by atoms with Crippen LogP contribution in [0.5, 0.6) is 5.75 Å². The third-order valence-electron chi connectivity index (χ3n) is 4.36. The van der Waals surface area contributed by atoms with Crippen LogP contribution in [0.4, 0.5) is 5.69 Å². The maximum absolute atomic E-state index is 6.09. The van der Waals surface area contributed by atoms with Gasteiger partial charge in [0.2, 0.25) is 0 Å². The van der Waals surface area contributed by atoms with E-state index in [1.165, 1.54) is 16.7 Å². The second kappa shape index (κ2) is 6.10. The van der Waals surface area contributed by atoms with E-state index in [-0.39, 0.29) is 6.10 Å². The van der Waals surface area contributed by atoms with Crippen molar-refractivity contribution in [2.24, 2.45) is 0 Å². The maximum atomic E-state index is 6.09. The molecule has 0 radical (unpaired) electrons. The quantitative estimate of drug-likeness (QED) is 0.858. The van der Waals surface area contributed by atoms with Gasteiger partial charge in [0, 0.05) is 12.1 Å². The summed E-state index contributed by atoms with van der Waals surface area (Å²) in [5.41, 5.74) is 10.7. The van der Waals surface area contributed by atoms with Crippen molar-refractivity contribution < 1.29 is 4.74 Å². The number of nitrogens with zero attached hydrogens (tertiary/aromatic N) is 1. The molecule has 0 unspecified atom stereocenters. The summed E-state index contributed by atoms with van der Waals surface area (Å²) in [6, 6.07) is 5.14. The van der Waals surface area contributed by atoms with E-state index in [4.69, 9.17) is 10.5 Å².